The molecule has 1 aromatic heterocycles. The molecule has 0 saturated carbocycles. The maximum Gasteiger partial charge on any atom is 0.319 e. The maximum atomic E-state index is 11.5. The first-order valence-corrected chi connectivity index (χ1v) is 6.40. The number of pyridine rings is 1. The number of carbonyl (C=O) groups excluding carboxylic acids is 1. The molecule has 0 amide bonds. The summed E-state index contributed by atoms with van der Waals surface area (Å²) in [5.74, 6) is 0.936. The van der Waals surface area contributed by atoms with Crippen LogP contribution in [0.5, 0.6) is 11.5 Å². The van der Waals surface area contributed by atoms with Gasteiger partial charge in [0.2, 0.25) is 0 Å². The number of hydrogen-bond acceptors (Lipinski definition) is 6. The van der Waals surface area contributed by atoms with Gasteiger partial charge in [-0.25, -0.2) is 0 Å². The van der Waals surface area contributed by atoms with Crippen LogP contribution in [0.2, 0.25) is 0 Å². The molecule has 1 rings (SSSR count). The highest BCUT2D eigenvalue weighted by atomic mass is 16.5. The Labute approximate surface area is 119 Å². The zero-order valence-electron chi connectivity index (χ0n) is 12.7. The average Bonchev–Trinajstić information content (AvgIpc) is 2.45. The van der Waals surface area contributed by atoms with Crippen molar-refractivity contribution in [2.24, 2.45) is 0 Å². The highest BCUT2D eigenvalue weighted by Gasteiger charge is 2.19. The summed E-state index contributed by atoms with van der Waals surface area (Å²) in [5, 5.41) is 0. The zero-order chi connectivity index (χ0) is 15.1. The second-order valence-corrected chi connectivity index (χ2v) is 4.57. The van der Waals surface area contributed by atoms with Gasteiger partial charge in [0, 0.05) is 24.8 Å². The van der Waals surface area contributed by atoms with E-state index in [0.29, 0.717) is 18.0 Å². The Balaban J connectivity index is 2.96. The molecular formula is C14H22N2O4. The molecule has 6 nitrogen and oxygen atoms in total. The Bertz CT molecular complexity index is 449. The molecule has 0 spiro atoms. The van der Waals surface area contributed by atoms with E-state index in [1.165, 1.54) is 7.11 Å². The van der Waals surface area contributed by atoms with Gasteiger partial charge in [-0.3, -0.25) is 14.7 Å². The van der Waals surface area contributed by atoms with Crippen molar-refractivity contribution >= 4 is 5.97 Å². The molecule has 1 aromatic rings. The van der Waals surface area contributed by atoms with Crippen LogP contribution < -0.4 is 9.47 Å². The number of carbonyl (C=O) groups is 1. The highest BCUT2D eigenvalue weighted by Crippen LogP contribution is 2.30. The second-order valence-electron chi connectivity index (χ2n) is 4.57. The molecular weight excluding hydrogens is 260 g/mol. The minimum atomic E-state index is -0.277. The van der Waals surface area contributed by atoms with Gasteiger partial charge in [-0.2, -0.15) is 0 Å². The monoisotopic (exact) mass is 282 g/mol. The highest BCUT2D eigenvalue weighted by molar-refractivity contribution is 5.71. The van der Waals surface area contributed by atoms with E-state index in [2.05, 4.69) is 4.98 Å². The zero-order valence-corrected chi connectivity index (χ0v) is 12.7. The number of ether oxygens (including phenoxy) is 3. The molecule has 0 saturated heterocycles. The third-order valence-corrected chi connectivity index (χ3v) is 3.01. The summed E-state index contributed by atoms with van der Waals surface area (Å²) in [5.41, 5.74) is 0.726. The van der Waals surface area contributed by atoms with Crippen molar-refractivity contribution in [3.8, 4) is 11.5 Å². The first kappa shape index (κ1) is 16.2. The van der Waals surface area contributed by atoms with E-state index in [9.17, 15) is 4.79 Å². The van der Waals surface area contributed by atoms with Gasteiger partial charge in [0.15, 0.2) is 11.5 Å². The van der Waals surface area contributed by atoms with Crippen LogP contribution in [0.25, 0.3) is 0 Å². The van der Waals surface area contributed by atoms with Crippen molar-refractivity contribution in [2.45, 2.75) is 26.4 Å². The van der Waals surface area contributed by atoms with Crippen LogP contribution in [0.4, 0.5) is 0 Å². The van der Waals surface area contributed by atoms with Gasteiger partial charge in [0.05, 0.1) is 27.9 Å². The SMILES string of the molecule is COC(=O)CN(Cc1nccc(OC)c1OC)C(C)C. The van der Waals surface area contributed by atoms with E-state index in [4.69, 9.17) is 14.2 Å². The standard InChI is InChI=1S/C14H22N2O4/c1-10(2)16(9-13(17)19-4)8-11-14(20-5)12(18-3)6-7-15-11/h6-7,10H,8-9H2,1-5H3. The lowest BCUT2D eigenvalue weighted by molar-refractivity contribution is -0.142. The predicted octanol–water partition coefficient (Wildman–Crippen LogP) is 1.48. The van der Waals surface area contributed by atoms with E-state index in [1.807, 2.05) is 18.7 Å². The minimum Gasteiger partial charge on any atom is -0.493 e. The van der Waals surface area contributed by atoms with E-state index in [1.54, 1.807) is 26.5 Å². The van der Waals surface area contributed by atoms with Crippen molar-refractivity contribution in [3.05, 3.63) is 18.0 Å². The van der Waals surface area contributed by atoms with Crippen LogP contribution in [-0.4, -0.2) is 49.8 Å². The average molecular weight is 282 g/mol. The lowest BCUT2D eigenvalue weighted by atomic mass is 10.2. The summed E-state index contributed by atoms with van der Waals surface area (Å²) >= 11 is 0. The van der Waals surface area contributed by atoms with Crippen LogP contribution in [0, 0.1) is 0 Å². The number of aromatic nitrogens is 1. The molecule has 0 aliphatic rings. The third-order valence-electron chi connectivity index (χ3n) is 3.01. The van der Waals surface area contributed by atoms with Crippen LogP contribution in [0.15, 0.2) is 12.3 Å². The molecule has 1 heterocycles. The molecule has 0 aromatic carbocycles. The lowest BCUT2D eigenvalue weighted by Crippen LogP contribution is -2.36. The van der Waals surface area contributed by atoms with Gasteiger partial charge in [0.1, 0.15) is 5.69 Å². The van der Waals surface area contributed by atoms with Crippen molar-refractivity contribution in [1.29, 1.82) is 0 Å². The smallest absolute Gasteiger partial charge is 0.319 e. The van der Waals surface area contributed by atoms with Crippen LogP contribution in [0.1, 0.15) is 19.5 Å². The van der Waals surface area contributed by atoms with Crippen molar-refractivity contribution in [1.82, 2.24) is 9.88 Å². The largest absolute Gasteiger partial charge is 0.493 e. The summed E-state index contributed by atoms with van der Waals surface area (Å²) < 4.78 is 15.3. The van der Waals surface area contributed by atoms with E-state index < -0.39 is 0 Å². The molecule has 0 atom stereocenters. The minimum absolute atomic E-state index is 0.173. The fourth-order valence-electron chi connectivity index (χ4n) is 1.81. The fourth-order valence-corrected chi connectivity index (χ4v) is 1.81. The molecule has 20 heavy (non-hydrogen) atoms. The molecule has 0 N–H and O–H groups in total. The van der Waals surface area contributed by atoms with Crippen LogP contribution in [0.3, 0.4) is 0 Å². The maximum absolute atomic E-state index is 11.5. The van der Waals surface area contributed by atoms with E-state index in [-0.39, 0.29) is 18.6 Å². The van der Waals surface area contributed by atoms with Crippen molar-refractivity contribution in [3.63, 3.8) is 0 Å². The topological polar surface area (TPSA) is 60.9 Å². The van der Waals surface area contributed by atoms with Gasteiger partial charge in [-0.1, -0.05) is 0 Å². The number of rotatable bonds is 7. The quantitative estimate of drug-likeness (QED) is 0.706. The van der Waals surface area contributed by atoms with Crippen LogP contribution >= 0.6 is 0 Å². The van der Waals surface area contributed by atoms with Gasteiger partial charge in [0.25, 0.3) is 0 Å². The first-order chi connectivity index (χ1) is 9.53. The molecule has 0 unspecified atom stereocenters. The van der Waals surface area contributed by atoms with Crippen molar-refractivity contribution < 1.29 is 19.0 Å². The summed E-state index contributed by atoms with van der Waals surface area (Å²) in [6.07, 6.45) is 1.66. The molecule has 0 bridgehead atoms. The Morgan fingerprint density at radius 1 is 1.30 bits per heavy atom. The molecule has 112 valence electrons. The second kappa shape index (κ2) is 7.69. The Kier molecular flexibility index (Phi) is 6.24. The third kappa shape index (κ3) is 4.09. The Hall–Kier alpha value is -1.82. The molecule has 0 radical (unpaired) electrons. The van der Waals surface area contributed by atoms with E-state index in [0.717, 1.165) is 5.69 Å². The predicted molar refractivity (Wildman–Crippen MR) is 74.9 cm³/mol. The van der Waals surface area contributed by atoms with E-state index >= 15 is 0 Å². The fraction of sp³-hybridized carbons (Fsp3) is 0.571. The normalized spacial score (nSPS) is 10.8. The van der Waals surface area contributed by atoms with Gasteiger partial charge in [-0.05, 0) is 13.8 Å². The molecule has 6 heteroatoms. The number of nitrogens with zero attached hydrogens (tertiary/aromatic N) is 2. The van der Waals surface area contributed by atoms with Crippen molar-refractivity contribution in [2.75, 3.05) is 27.9 Å². The summed E-state index contributed by atoms with van der Waals surface area (Å²) in [6.45, 7) is 4.70. The molecule has 0 aliphatic carbocycles. The first-order valence-electron chi connectivity index (χ1n) is 6.40. The lowest BCUT2D eigenvalue weighted by Gasteiger charge is -2.25. The van der Waals surface area contributed by atoms with Gasteiger partial charge >= 0.3 is 5.97 Å². The van der Waals surface area contributed by atoms with Gasteiger partial charge < -0.3 is 14.2 Å². The Morgan fingerprint density at radius 3 is 2.50 bits per heavy atom. The molecule has 0 aliphatic heterocycles. The molecule has 0 fully saturated rings. The summed E-state index contributed by atoms with van der Waals surface area (Å²) in [6, 6.07) is 1.91. The Morgan fingerprint density at radius 2 is 2.00 bits per heavy atom. The van der Waals surface area contributed by atoms with Gasteiger partial charge in [-0.15, -0.1) is 0 Å². The van der Waals surface area contributed by atoms with Crippen LogP contribution in [-0.2, 0) is 16.1 Å². The number of hydrogen-bond donors (Lipinski definition) is 0. The summed E-state index contributed by atoms with van der Waals surface area (Å²) in [7, 11) is 4.53. The summed E-state index contributed by atoms with van der Waals surface area (Å²) in [4.78, 5) is 17.7. The number of esters is 1. The number of methoxy groups -OCH3 is 3.